The Kier molecular flexibility index (Phi) is 4.11. The predicted molar refractivity (Wildman–Crippen MR) is 67.7 cm³/mol. The first-order chi connectivity index (χ1) is 7.41. The second-order valence-electron chi connectivity index (χ2n) is 4.82. The normalized spacial score (nSPS) is 12.6. The third kappa shape index (κ3) is 3.09. The molecule has 0 saturated heterocycles. The van der Waals surface area contributed by atoms with E-state index in [9.17, 15) is 4.79 Å². The summed E-state index contributed by atoms with van der Waals surface area (Å²) in [4.78, 5) is 12.0. The molecule has 16 heavy (non-hydrogen) atoms. The zero-order chi connectivity index (χ0) is 12.3. The van der Waals surface area contributed by atoms with Crippen molar-refractivity contribution in [1.82, 2.24) is 5.32 Å². The number of amides is 1. The Balaban J connectivity index is 2.84. The van der Waals surface area contributed by atoms with Crippen molar-refractivity contribution in [3.05, 3.63) is 34.9 Å². The van der Waals surface area contributed by atoms with Crippen molar-refractivity contribution in [1.29, 1.82) is 0 Å². The van der Waals surface area contributed by atoms with Crippen LogP contribution >= 0.6 is 0 Å². The number of rotatable bonds is 3. The summed E-state index contributed by atoms with van der Waals surface area (Å²) >= 11 is 0. The van der Waals surface area contributed by atoms with E-state index in [-0.39, 0.29) is 11.9 Å². The molecular formula is C14H21NO. The lowest BCUT2D eigenvalue weighted by atomic mass is 10.0. The molecule has 0 bridgehead atoms. The highest BCUT2D eigenvalue weighted by atomic mass is 16.1. The van der Waals surface area contributed by atoms with Gasteiger partial charge < -0.3 is 5.32 Å². The summed E-state index contributed by atoms with van der Waals surface area (Å²) in [6.07, 6.45) is 0. The van der Waals surface area contributed by atoms with Gasteiger partial charge in [0.15, 0.2) is 0 Å². The third-order valence-electron chi connectivity index (χ3n) is 3.00. The molecule has 1 rings (SSSR count). The van der Waals surface area contributed by atoms with Gasteiger partial charge in [-0.15, -0.1) is 0 Å². The molecule has 0 heterocycles. The first-order valence-corrected chi connectivity index (χ1v) is 5.80. The van der Waals surface area contributed by atoms with Crippen molar-refractivity contribution in [3.63, 3.8) is 0 Å². The minimum atomic E-state index is 0.0300. The molecule has 0 radical (unpaired) electrons. The quantitative estimate of drug-likeness (QED) is 0.831. The summed E-state index contributed by atoms with van der Waals surface area (Å²) in [5.74, 6) is 0.483. The highest BCUT2D eigenvalue weighted by Gasteiger charge is 2.14. The SMILES string of the molecule is Cc1ccc(C)c(C(=O)N[C@@H](C)C(C)C)c1. The van der Waals surface area contributed by atoms with Gasteiger partial charge in [-0.05, 0) is 38.3 Å². The Bertz CT molecular complexity index is 382. The average molecular weight is 219 g/mol. The summed E-state index contributed by atoms with van der Waals surface area (Å²) in [6.45, 7) is 10.2. The number of aryl methyl sites for hydroxylation is 2. The van der Waals surface area contributed by atoms with Gasteiger partial charge in [0.25, 0.3) is 5.91 Å². The molecule has 0 spiro atoms. The van der Waals surface area contributed by atoms with Crippen LogP contribution < -0.4 is 5.32 Å². The van der Waals surface area contributed by atoms with Crippen LogP contribution in [-0.2, 0) is 0 Å². The van der Waals surface area contributed by atoms with Crippen molar-refractivity contribution in [2.45, 2.75) is 40.7 Å². The number of nitrogens with one attached hydrogen (secondary N) is 1. The number of carbonyl (C=O) groups is 1. The molecule has 0 fully saturated rings. The maximum Gasteiger partial charge on any atom is 0.251 e. The lowest BCUT2D eigenvalue weighted by Crippen LogP contribution is -2.36. The Labute approximate surface area is 98.1 Å². The number of carbonyl (C=O) groups excluding carboxylic acids is 1. The third-order valence-corrected chi connectivity index (χ3v) is 3.00. The lowest BCUT2D eigenvalue weighted by molar-refractivity contribution is 0.0930. The standard InChI is InChI=1S/C14H21NO/c1-9(2)12(5)15-14(16)13-8-10(3)6-7-11(13)4/h6-9,12H,1-5H3,(H,15,16)/t12-/m0/s1. The fourth-order valence-corrected chi connectivity index (χ4v) is 1.43. The Hall–Kier alpha value is -1.31. The molecule has 1 amide bonds. The van der Waals surface area contributed by atoms with E-state index in [1.54, 1.807) is 0 Å². The van der Waals surface area contributed by atoms with Crippen molar-refractivity contribution in [2.24, 2.45) is 5.92 Å². The van der Waals surface area contributed by atoms with Gasteiger partial charge in [-0.25, -0.2) is 0 Å². The summed E-state index contributed by atoms with van der Waals surface area (Å²) < 4.78 is 0. The van der Waals surface area contributed by atoms with Gasteiger partial charge in [-0.3, -0.25) is 4.79 Å². The summed E-state index contributed by atoms with van der Waals surface area (Å²) in [5, 5.41) is 3.02. The maximum absolute atomic E-state index is 12.0. The van der Waals surface area contributed by atoms with Crippen LogP contribution in [0.3, 0.4) is 0 Å². The minimum Gasteiger partial charge on any atom is -0.349 e. The van der Waals surface area contributed by atoms with Crippen LogP contribution in [0.15, 0.2) is 18.2 Å². The molecule has 0 aliphatic heterocycles. The van der Waals surface area contributed by atoms with Crippen LogP contribution in [0.1, 0.15) is 42.3 Å². The molecule has 1 atom stereocenters. The van der Waals surface area contributed by atoms with Gasteiger partial charge in [0.1, 0.15) is 0 Å². The van der Waals surface area contributed by atoms with Crippen molar-refractivity contribution >= 4 is 5.91 Å². The van der Waals surface area contributed by atoms with Gasteiger partial charge >= 0.3 is 0 Å². The Morgan fingerprint density at radius 2 is 1.81 bits per heavy atom. The van der Waals surface area contributed by atoms with E-state index in [2.05, 4.69) is 19.2 Å². The molecule has 2 nitrogen and oxygen atoms in total. The lowest BCUT2D eigenvalue weighted by Gasteiger charge is -2.18. The highest BCUT2D eigenvalue weighted by molar-refractivity contribution is 5.95. The van der Waals surface area contributed by atoms with E-state index in [4.69, 9.17) is 0 Å². The second kappa shape index (κ2) is 5.15. The number of benzene rings is 1. The van der Waals surface area contributed by atoms with Crippen molar-refractivity contribution in [3.8, 4) is 0 Å². The monoisotopic (exact) mass is 219 g/mol. The molecule has 1 aromatic rings. The molecule has 0 unspecified atom stereocenters. The minimum absolute atomic E-state index is 0.0300. The summed E-state index contributed by atoms with van der Waals surface area (Å²) in [5.41, 5.74) is 2.93. The molecular weight excluding hydrogens is 198 g/mol. The van der Waals surface area contributed by atoms with Crippen LogP contribution in [0.5, 0.6) is 0 Å². The zero-order valence-electron chi connectivity index (χ0n) is 10.8. The largest absolute Gasteiger partial charge is 0.349 e. The smallest absolute Gasteiger partial charge is 0.251 e. The van der Waals surface area contributed by atoms with Gasteiger partial charge in [-0.1, -0.05) is 31.5 Å². The molecule has 0 aromatic heterocycles. The molecule has 1 aromatic carbocycles. The summed E-state index contributed by atoms with van der Waals surface area (Å²) in [7, 11) is 0. The van der Waals surface area contributed by atoms with E-state index in [0.29, 0.717) is 5.92 Å². The van der Waals surface area contributed by atoms with Crippen molar-refractivity contribution < 1.29 is 4.79 Å². The second-order valence-corrected chi connectivity index (χ2v) is 4.82. The fraction of sp³-hybridized carbons (Fsp3) is 0.500. The van der Waals surface area contributed by atoms with Gasteiger partial charge in [0.2, 0.25) is 0 Å². The molecule has 88 valence electrons. The van der Waals surface area contributed by atoms with Crippen LogP contribution in [0.25, 0.3) is 0 Å². The van der Waals surface area contributed by atoms with Gasteiger partial charge in [0, 0.05) is 11.6 Å². The van der Waals surface area contributed by atoms with Gasteiger partial charge in [0.05, 0.1) is 0 Å². The highest BCUT2D eigenvalue weighted by Crippen LogP contribution is 2.11. The maximum atomic E-state index is 12.0. The summed E-state index contributed by atoms with van der Waals surface area (Å²) in [6, 6.07) is 6.16. The van der Waals surface area contributed by atoms with E-state index in [1.165, 1.54) is 0 Å². The first kappa shape index (κ1) is 12.8. The molecule has 1 N–H and O–H groups in total. The van der Waals surface area contributed by atoms with Crippen LogP contribution in [0.4, 0.5) is 0 Å². The van der Waals surface area contributed by atoms with Crippen LogP contribution in [0.2, 0.25) is 0 Å². The van der Waals surface area contributed by atoms with Crippen LogP contribution in [-0.4, -0.2) is 11.9 Å². The molecule has 0 aliphatic rings. The number of hydrogen-bond donors (Lipinski definition) is 1. The van der Waals surface area contributed by atoms with Crippen molar-refractivity contribution in [2.75, 3.05) is 0 Å². The van der Waals surface area contributed by atoms with E-state index >= 15 is 0 Å². The van der Waals surface area contributed by atoms with Crippen LogP contribution in [0, 0.1) is 19.8 Å². The Morgan fingerprint density at radius 1 is 1.19 bits per heavy atom. The predicted octanol–water partition coefficient (Wildman–Crippen LogP) is 3.08. The molecule has 0 saturated carbocycles. The Morgan fingerprint density at radius 3 is 2.38 bits per heavy atom. The van der Waals surface area contributed by atoms with E-state index in [0.717, 1.165) is 16.7 Å². The van der Waals surface area contributed by atoms with E-state index in [1.807, 2.05) is 39.0 Å². The van der Waals surface area contributed by atoms with Gasteiger partial charge in [-0.2, -0.15) is 0 Å². The number of hydrogen-bond acceptors (Lipinski definition) is 1. The first-order valence-electron chi connectivity index (χ1n) is 5.80. The molecule has 2 heteroatoms. The van der Waals surface area contributed by atoms with E-state index < -0.39 is 0 Å². The molecule has 0 aliphatic carbocycles. The fourth-order valence-electron chi connectivity index (χ4n) is 1.43. The zero-order valence-corrected chi connectivity index (χ0v) is 10.8. The topological polar surface area (TPSA) is 29.1 Å². The average Bonchev–Trinajstić information content (AvgIpc) is 2.21.